The number of nitrogens with zero attached hydrogens (tertiary/aromatic N) is 6. The number of rotatable bonds is 6. The summed E-state index contributed by atoms with van der Waals surface area (Å²) in [5.41, 5.74) is 11.7. The molecule has 0 aliphatic heterocycles. The number of pyridine rings is 2. The number of hydrogen-bond donors (Lipinski definition) is 0. The fraction of sp³-hybridized carbons (Fsp3) is 0. The second kappa shape index (κ2) is 14.5. The van der Waals surface area contributed by atoms with E-state index in [1.54, 1.807) is 0 Å². The maximum Gasteiger partial charge on any atom is 0.187 e. The van der Waals surface area contributed by atoms with Crippen molar-refractivity contribution in [1.29, 1.82) is 0 Å². The van der Waals surface area contributed by atoms with E-state index in [0.29, 0.717) is 23.2 Å². The summed E-state index contributed by atoms with van der Waals surface area (Å²) in [5, 5.41) is 6.66. The Morgan fingerprint density at radius 2 is 0.800 bits per heavy atom. The van der Waals surface area contributed by atoms with Crippen molar-refractivity contribution in [3.63, 3.8) is 0 Å². The first-order valence-electron chi connectivity index (χ1n) is 19.8. The van der Waals surface area contributed by atoms with Crippen LogP contribution >= 0.6 is 0 Å². The molecule has 8 aromatic carbocycles. The fourth-order valence-electron chi connectivity index (χ4n) is 8.23. The molecule has 6 nitrogen and oxygen atoms in total. The summed E-state index contributed by atoms with van der Waals surface area (Å²) in [7, 11) is 0. The Balaban J connectivity index is 0.990. The molecule has 3 heterocycles. The van der Waals surface area contributed by atoms with E-state index in [1.165, 1.54) is 0 Å². The van der Waals surface area contributed by atoms with Crippen LogP contribution in [0.25, 0.3) is 116 Å². The van der Waals surface area contributed by atoms with Gasteiger partial charge in [0.1, 0.15) is 0 Å². The Hall–Kier alpha value is -8.40. The van der Waals surface area contributed by atoms with Crippen LogP contribution < -0.4 is 0 Å². The summed E-state index contributed by atoms with van der Waals surface area (Å²) >= 11 is 0. The molecule has 11 aromatic rings. The lowest BCUT2D eigenvalue weighted by molar-refractivity contribution is 1.07. The molecule has 0 radical (unpaired) electrons. The minimum Gasteiger partial charge on any atom is -0.256 e. The fourth-order valence-corrected chi connectivity index (χ4v) is 8.23. The van der Waals surface area contributed by atoms with Crippen LogP contribution in [0.1, 0.15) is 0 Å². The van der Waals surface area contributed by atoms with Crippen molar-refractivity contribution >= 4 is 49.0 Å². The number of fused-ring (bicyclic) bond motifs is 6. The Bertz CT molecular complexity index is 3430. The molecule has 0 saturated carbocycles. The quantitative estimate of drug-likeness (QED) is 0.125. The van der Waals surface area contributed by atoms with Gasteiger partial charge in [-0.15, -0.1) is 0 Å². The molecular formula is C54H32N6. The largest absolute Gasteiger partial charge is 0.256 e. The zero-order chi connectivity index (χ0) is 40.0. The van der Waals surface area contributed by atoms with Gasteiger partial charge in [-0.3, -0.25) is 9.97 Å². The van der Waals surface area contributed by atoms with Gasteiger partial charge < -0.3 is 0 Å². The summed E-state index contributed by atoms with van der Waals surface area (Å²) in [5.74, 6) is 1.90. The highest BCUT2D eigenvalue weighted by Gasteiger charge is 2.17. The first-order valence-corrected chi connectivity index (χ1v) is 19.8. The van der Waals surface area contributed by atoms with Gasteiger partial charge in [0.25, 0.3) is 0 Å². The van der Waals surface area contributed by atoms with Crippen molar-refractivity contribution in [2.24, 2.45) is 0 Å². The van der Waals surface area contributed by atoms with Crippen molar-refractivity contribution in [2.45, 2.75) is 0 Å². The van der Waals surface area contributed by atoms with Crippen LogP contribution in [-0.2, 0) is 0 Å². The van der Waals surface area contributed by atoms with E-state index >= 15 is 0 Å². The van der Waals surface area contributed by atoms with Crippen LogP contribution in [0, 0.1) is 6.57 Å². The van der Waals surface area contributed by atoms with Crippen molar-refractivity contribution in [3.8, 4) is 67.5 Å². The first-order chi connectivity index (χ1) is 29.7. The Labute approximate surface area is 346 Å². The monoisotopic (exact) mass is 764 g/mol. The molecule has 0 aliphatic carbocycles. The smallest absolute Gasteiger partial charge is 0.187 e. The summed E-state index contributed by atoms with van der Waals surface area (Å²) in [6.07, 6.45) is 3.71. The third-order valence-corrected chi connectivity index (χ3v) is 11.2. The predicted octanol–water partition coefficient (Wildman–Crippen LogP) is 13.8. The lowest BCUT2D eigenvalue weighted by atomic mass is 9.90. The molecule has 0 amide bonds. The highest BCUT2D eigenvalue weighted by atomic mass is 15.0. The third kappa shape index (κ3) is 6.19. The molecule has 3 aromatic heterocycles. The Morgan fingerprint density at radius 1 is 0.333 bits per heavy atom. The topological polar surface area (TPSA) is 68.8 Å². The highest BCUT2D eigenvalue weighted by Crippen LogP contribution is 2.41. The highest BCUT2D eigenvalue weighted by molar-refractivity contribution is 6.22. The van der Waals surface area contributed by atoms with E-state index < -0.39 is 0 Å². The lowest BCUT2D eigenvalue weighted by Gasteiger charge is -2.15. The molecule has 11 rings (SSSR count). The predicted molar refractivity (Wildman–Crippen MR) is 244 cm³/mol. The van der Waals surface area contributed by atoms with Crippen LogP contribution in [0.5, 0.6) is 0 Å². The van der Waals surface area contributed by atoms with Gasteiger partial charge >= 0.3 is 0 Å². The molecule has 278 valence electrons. The van der Waals surface area contributed by atoms with E-state index in [2.05, 4.69) is 89.8 Å². The van der Waals surface area contributed by atoms with E-state index in [-0.39, 0.29) is 0 Å². The average Bonchev–Trinajstić information content (AvgIpc) is 3.33. The van der Waals surface area contributed by atoms with E-state index in [0.717, 1.165) is 93.4 Å². The van der Waals surface area contributed by atoms with Crippen molar-refractivity contribution in [1.82, 2.24) is 24.9 Å². The molecule has 0 bridgehead atoms. The average molecular weight is 765 g/mol. The standard InChI is InChI=1S/C54H32N6/c1-55-43-25-23-34(24-26-43)46-32-48-45-18-10-28-57-51(45)47(33-49(48)44-17-9-27-56-50(44)46)41-22-21-39-29-38(19-20-40(39)30-41)37-15-8-16-42(31-37)54-59-52(35-11-4-2-5-12-35)58-53(60-54)36-13-6-3-7-14-36/h2-33H. The molecule has 0 aliphatic rings. The van der Waals surface area contributed by atoms with Gasteiger partial charge in [0, 0.05) is 51.0 Å². The maximum absolute atomic E-state index is 7.42. The lowest BCUT2D eigenvalue weighted by Crippen LogP contribution is -2.00. The summed E-state index contributed by atoms with van der Waals surface area (Å²) in [6, 6.07) is 62.4. The van der Waals surface area contributed by atoms with E-state index in [4.69, 9.17) is 31.5 Å². The van der Waals surface area contributed by atoms with E-state index in [9.17, 15) is 0 Å². The van der Waals surface area contributed by atoms with Gasteiger partial charge in [0.05, 0.1) is 17.6 Å². The maximum atomic E-state index is 7.42. The summed E-state index contributed by atoms with van der Waals surface area (Å²) in [6.45, 7) is 7.42. The minimum atomic E-state index is 0.614. The molecule has 6 heteroatoms. The van der Waals surface area contributed by atoms with Crippen molar-refractivity contribution < 1.29 is 0 Å². The van der Waals surface area contributed by atoms with Gasteiger partial charge in [0.15, 0.2) is 23.2 Å². The molecular weight excluding hydrogens is 733 g/mol. The van der Waals surface area contributed by atoms with Crippen molar-refractivity contribution in [3.05, 3.63) is 206 Å². The SMILES string of the molecule is [C-]#[N+]c1ccc(-c2cc3c4cccnc4c(-c4ccc5cc(-c6cccc(-c7nc(-c8ccccc8)nc(-c8ccccc8)n7)c6)ccc5c4)cc3c3cccnc23)cc1. The number of benzene rings is 8. The van der Waals surface area contributed by atoms with Crippen LogP contribution in [0.3, 0.4) is 0 Å². The zero-order valence-corrected chi connectivity index (χ0v) is 32.2. The molecule has 0 spiro atoms. The molecule has 0 unspecified atom stereocenters. The Morgan fingerprint density at radius 3 is 1.38 bits per heavy atom. The summed E-state index contributed by atoms with van der Waals surface area (Å²) < 4.78 is 0. The molecule has 0 N–H and O–H groups in total. The number of hydrogen-bond acceptors (Lipinski definition) is 5. The van der Waals surface area contributed by atoms with Crippen LogP contribution in [-0.4, -0.2) is 24.9 Å². The first kappa shape index (κ1) is 34.8. The molecule has 60 heavy (non-hydrogen) atoms. The van der Waals surface area contributed by atoms with Gasteiger partial charge in [-0.25, -0.2) is 19.8 Å². The molecule has 0 fully saturated rings. The third-order valence-electron chi connectivity index (χ3n) is 11.2. The van der Waals surface area contributed by atoms with Crippen molar-refractivity contribution in [2.75, 3.05) is 0 Å². The Kier molecular flexibility index (Phi) is 8.42. The normalized spacial score (nSPS) is 11.3. The second-order valence-electron chi connectivity index (χ2n) is 14.8. The molecule has 0 atom stereocenters. The van der Waals surface area contributed by atoms with Gasteiger partial charge in [-0.05, 0) is 86.3 Å². The van der Waals surface area contributed by atoms with Gasteiger partial charge in [-0.2, -0.15) is 0 Å². The second-order valence-corrected chi connectivity index (χ2v) is 14.8. The van der Waals surface area contributed by atoms with Crippen LogP contribution in [0.4, 0.5) is 5.69 Å². The van der Waals surface area contributed by atoms with Gasteiger partial charge in [-0.1, -0.05) is 140 Å². The van der Waals surface area contributed by atoms with E-state index in [1.807, 2.05) is 109 Å². The number of aromatic nitrogens is 5. The summed E-state index contributed by atoms with van der Waals surface area (Å²) in [4.78, 5) is 28.2. The van der Waals surface area contributed by atoms with Crippen LogP contribution in [0.15, 0.2) is 194 Å². The van der Waals surface area contributed by atoms with Gasteiger partial charge in [0.2, 0.25) is 0 Å². The molecule has 0 saturated heterocycles. The zero-order valence-electron chi connectivity index (χ0n) is 32.2. The van der Waals surface area contributed by atoms with Crippen LogP contribution in [0.2, 0.25) is 0 Å². The minimum absolute atomic E-state index is 0.614.